The smallest absolute Gasteiger partial charge is 0.0236 e. The highest BCUT2D eigenvalue weighted by Crippen LogP contribution is 2.29. The second-order valence-corrected chi connectivity index (χ2v) is 6.64. The molecule has 1 fully saturated rings. The van der Waals surface area contributed by atoms with Crippen LogP contribution in [0.1, 0.15) is 38.2 Å². The van der Waals surface area contributed by atoms with Gasteiger partial charge in [-0.1, -0.05) is 31.9 Å². The summed E-state index contributed by atoms with van der Waals surface area (Å²) >= 11 is 1.80. The Morgan fingerprint density at radius 3 is 2.50 bits per heavy atom. The van der Waals surface area contributed by atoms with Crippen molar-refractivity contribution in [1.29, 1.82) is 0 Å². The molecule has 0 radical (unpaired) electrons. The van der Waals surface area contributed by atoms with Crippen LogP contribution in [0.5, 0.6) is 0 Å². The molecule has 0 spiro atoms. The Kier molecular flexibility index (Phi) is 6.40. The van der Waals surface area contributed by atoms with Gasteiger partial charge in [0.2, 0.25) is 0 Å². The maximum atomic E-state index is 5.99. The monoisotopic (exact) mass is 292 g/mol. The molecule has 2 unspecified atom stereocenters. The van der Waals surface area contributed by atoms with Crippen LogP contribution < -0.4 is 5.73 Å². The molecule has 1 saturated carbocycles. The van der Waals surface area contributed by atoms with Crippen molar-refractivity contribution in [3.8, 4) is 0 Å². The van der Waals surface area contributed by atoms with Crippen LogP contribution in [0.15, 0.2) is 29.2 Å². The summed E-state index contributed by atoms with van der Waals surface area (Å²) in [5.41, 5.74) is 7.41. The summed E-state index contributed by atoms with van der Waals surface area (Å²) in [6.45, 7) is 5.29. The Balaban J connectivity index is 2.02. The summed E-state index contributed by atoms with van der Waals surface area (Å²) in [5, 5.41) is 0. The van der Waals surface area contributed by atoms with E-state index in [4.69, 9.17) is 5.73 Å². The van der Waals surface area contributed by atoms with E-state index in [1.165, 1.54) is 36.1 Å². The van der Waals surface area contributed by atoms with Gasteiger partial charge in [0.25, 0.3) is 0 Å². The number of hydrogen-bond donors (Lipinski definition) is 1. The van der Waals surface area contributed by atoms with Gasteiger partial charge in [0.05, 0.1) is 0 Å². The van der Waals surface area contributed by atoms with Crippen molar-refractivity contribution in [1.82, 2.24) is 4.90 Å². The summed E-state index contributed by atoms with van der Waals surface area (Å²) in [6, 6.07) is 9.69. The molecular formula is C17H28N2S. The summed E-state index contributed by atoms with van der Waals surface area (Å²) in [5.74, 6) is 0.689. The molecule has 0 bridgehead atoms. The first-order valence-corrected chi connectivity index (χ1v) is 9.08. The largest absolute Gasteiger partial charge is 0.330 e. The first kappa shape index (κ1) is 15.9. The lowest BCUT2D eigenvalue weighted by Crippen LogP contribution is -2.44. The zero-order valence-electron chi connectivity index (χ0n) is 12.8. The molecule has 20 heavy (non-hydrogen) atoms. The van der Waals surface area contributed by atoms with Gasteiger partial charge in [0, 0.05) is 17.5 Å². The highest BCUT2D eigenvalue weighted by molar-refractivity contribution is 7.98. The van der Waals surface area contributed by atoms with Crippen LogP contribution in [0.3, 0.4) is 0 Å². The Labute approximate surface area is 128 Å². The van der Waals surface area contributed by atoms with E-state index in [0.717, 1.165) is 19.6 Å². The van der Waals surface area contributed by atoms with Gasteiger partial charge in [-0.25, -0.2) is 0 Å². The Hall–Kier alpha value is -0.510. The molecule has 2 N–H and O–H groups in total. The Bertz CT molecular complexity index is 390. The van der Waals surface area contributed by atoms with Crippen molar-refractivity contribution in [2.45, 2.75) is 50.1 Å². The maximum Gasteiger partial charge on any atom is 0.0236 e. The number of hydrogen-bond acceptors (Lipinski definition) is 3. The third-order valence-corrected chi connectivity index (χ3v) is 5.34. The molecular weight excluding hydrogens is 264 g/mol. The molecule has 0 aromatic heterocycles. The minimum absolute atomic E-state index is 0.680. The van der Waals surface area contributed by atoms with Gasteiger partial charge in [-0.3, -0.25) is 4.90 Å². The molecule has 2 rings (SSSR count). The van der Waals surface area contributed by atoms with E-state index in [1.54, 1.807) is 11.8 Å². The predicted octanol–water partition coefficient (Wildman–Crippen LogP) is 3.75. The van der Waals surface area contributed by atoms with Crippen LogP contribution in [-0.2, 0) is 6.54 Å². The van der Waals surface area contributed by atoms with Crippen LogP contribution in [0.25, 0.3) is 0 Å². The van der Waals surface area contributed by atoms with Gasteiger partial charge in [0.15, 0.2) is 0 Å². The van der Waals surface area contributed by atoms with Gasteiger partial charge in [-0.05, 0) is 55.8 Å². The molecule has 2 nitrogen and oxygen atoms in total. The SMILES string of the molecule is CCN(Cc1ccc(SC)cc1)C1CCCCC1CN. The molecule has 0 amide bonds. The minimum Gasteiger partial charge on any atom is -0.330 e. The van der Waals surface area contributed by atoms with Crippen molar-refractivity contribution in [2.24, 2.45) is 11.7 Å². The summed E-state index contributed by atoms with van der Waals surface area (Å²) in [6.07, 6.45) is 7.48. The Morgan fingerprint density at radius 1 is 1.20 bits per heavy atom. The van der Waals surface area contributed by atoms with Crippen LogP contribution >= 0.6 is 11.8 Å². The van der Waals surface area contributed by atoms with Crippen molar-refractivity contribution in [3.05, 3.63) is 29.8 Å². The van der Waals surface area contributed by atoms with E-state index < -0.39 is 0 Å². The zero-order valence-corrected chi connectivity index (χ0v) is 13.7. The number of rotatable bonds is 6. The third kappa shape index (κ3) is 4.00. The van der Waals surface area contributed by atoms with Crippen LogP contribution in [0.4, 0.5) is 0 Å². The fourth-order valence-corrected chi connectivity index (χ4v) is 3.78. The van der Waals surface area contributed by atoms with E-state index in [-0.39, 0.29) is 0 Å². The molecule has 2 atom stereocenters. The van der Waals surface area contributed by atoms with Crippen LogP contribution in [0, 0.1) is 5.92 Å². The highest BCUT2D eigenvalue weighted by Gasteiger charge is 2.28. The highest BCUT2D eigenvalue weighted by atomic mass is 32.2. The van der Waals surface area contributed by atoms with E-state index in [9.17, 15) is 0 Å². The lowest BCUT2D eigenvalue weighted by atomic mass is 9.83. The van der Waals surface area contributed by atoms with Gasteiger partial charge < -0.3 is 5.73 Å². The van der Waals surface area contributed by atoms with E-state index >= 15 is 0 Å². The summed E-state index contributed by atoms with van der Waals surface area (Å²) in [4.78, 5) is 3.97. The number of benzene rings is 1. The first-order valence-electron chi connectivity index (χ1n) is 7.85. The van der Waals surface area contributed by atoms with Gasteiger partial charge in [-0.15, -0.1) is 11.8 Å². The van der Waals surface area contributed by atoms with Crippen molar-refractivity contribution in [3.63, 3.8) is 0 Å². The molecule has 1 aromatic rings. The van der Waals surface area contributed by atoms with E-state index in [0.29, 0.717) is 12.0 Å². The fourth-order valence-electron chi connectivity index (χ4n) is 3.37. The van der Waals surface area contributed by atoms with Crippen molar-refractivity contribution in [2.75, 3.05) is 19.3 Å². The topological polar surface area (TPSA) is 29.3 Å². The first-order chi connectivity index (χ1) is 9.78. The molecule has 112 valence electrons. The van der Waals surface area contributed by atoms with E-state index in [2.05, 4.69) is 42.3 Å². The second kappa shape index (κ2) is 8.06. The average Bonchev–Trinajstić information content (AvgIpc) is 2.53. The number of nitrogens with zero attached hydrogens (tertiary/aromatic N) is 1. The zero-order chi connectivity index (χ0) is 14.4. The summed E-state index contributed by atoms with van der Waals surface area (Å²) < 4.78 is 0. The van der Waals surface area contributed by atoms with Gasteiger partial charge >= 0.3 is 0 Å². The standard InChI is InChI=1S/C17H28N2S/c1-3-19(17-7-5-4-6-15(17)12-18)13-14-8-10-16(20-2)11-9-14/h8-11,15,17H,3-7,12-13,18H2,1-2H3. The van der Waals surface area contributed by atoms with Crippen molar-refractivity contribution < 1.29 is 0 Å². The normalized spacial score (nSPS) is 23.2. The summed E-state index contributed by atoms with van der Waals surface area (Å²) in [7, 11) is 0. The number of nitrogens with two attached hydrogens (primary N) is 1. The van der Waals surface area contributed by atoms with Gasteiger partial charge in [-0.2, -0.15) is 0 Å². The fraction of sp³-hybridized carbons (Fsp3) is 0.647. The molecule has 0 aliphatic heterocycles. The quantitative estimate of drug-likeness (QED) is 0.810. The lowest BCUT2D eigenvalue weighted by Gasteiger charge is -2.39. The molecule has 1 aromatic carbocycles. The molecule has 3 heteroatoms. The molecule has 0 saturated heterocycles. The predicted molar refractivity (Wildman–Crippen MR) is 89.1 cm³/mol. The minimum atomic E-state index is 0.680. The third-order valence-electron chi connectivity index (χ3n) is 4.59. The lowest BCUT2D eigenvalue weighted by molar-refractivity contribution is 0.105. The Morgan fingerprint density at radius 2 is 1.90 bits per heavy atom. The number of thioether (sulfide) groups is 1. The molecule has 0 heterocycles. The average molecular weight is 292 g/mol. The van der Waals surface area contributed by atoms with Crippen LogP contribution in [-0.4, -0.2) is 30.3 Å². The van der Waals surface area contributed by atoms with Gasteiger partial charge in [0.1, 0.15) is 0 Å². The second-order valence-electron chi connectivity index (χ2n) is 5.76. The van der Waals surface area contributed by atoms with Crippen molar-refractivity contribution >= 4 is 11.8 Å². The molecule has 1 aliphatic carbocycles. The van der Waals surface area contributed by atoms with Crippen LogP contribution in [0.2, 0.25) is 0 Å². The van der Waals surface area contributed by atoms with E-state index in [1.807, 2.05) is 0 Å². The maximum absolute atomic E-state index is 5.99. The molecule has 1 aliphatic rings.